The summed E-state index contributed by atoms with van der Waals surface area (Å²) in [6.07, 6.45) is 0. The summed E-state index contributed by atoms with van der Waals surface area (Å²) >= 11 is 0. The van der Waals surface area contributed by atoms with Gasteiger partial charge >= 0.3 is 0 Å². The Balaban J connectivity index is 1.85. The molecule has 0 atom stereocenters. The van der Waals surface area contributed by atoms with Gasteiger partial charge < -0.3 is 5.32 Å². The Labute approximate surface area is 183 Å². The highest BCUT2D eigenvalue weighted by molar-refractivity contribution is 6.46. The molecule has 4 rings (SSSR count). The molecule has 1 aliphatic rings. The van der Waals surface area contributed by atoms with Crippen molar-refractivity contribution in [2.45, 2.75) is 34.6 Å². The average molecular weight is 411 g/mol. The van der Waals surface area contributed by atoms with Crippen LogP contribution in [0.5, 0.6) is 0 Å². The number of benzene rings is 3. The number of carbonyl (C=O) groups excluding carboxylic acids is 2. The minimum atomic E-state index is -0.340. The lowest BCUT2D eigenvalue weighted by atomic mass is 10.0. The van der Waals surface area contributed by atoms with Crippen molar-refractivity contribution in [1.29, 1.82) is 0 Å². The fourth-order valence-corrected chi connectivity index (χ4v) is 3.78. The number of amides is 2. The van der Waals surface area contributed by atoms with E-state index in [4.69, 9.17) is 0 Å². The maximum atomic E-state index is 13.6. The highest BCUT2D eigenvalue weighted by atomic mass is 16.2. The van der Waals surface area contributed by atoms with Crippen molar-refractivity contribution >= 4 is 28.8 Å². The van der Waals surface area contributed by atoms with E-state index in [0.29, 0.717) is 17.0 Å². The summed E-state index contributed by atoms with van der Waals surface area (Å²) in [5.41, 5.74) is 8.08. The minimum Gasteiger partial charge on any atom is -0.350 e. The molecule has 3 aromatic rings. The lowest BCUT2D eigenvalue weighted by molar-refractivity contribution is -0.120. The Morgan fingerprint density at radius 3 is 1.97 bits per heavy atom. The fraction of sp³-hybridized carbons (Fsp3) is 0.185. The highest BCUT2D eigenvalue weighted by Gasteiger charge is 2.40. The van der Waals surface area contributed by atoms with Crippen molar-refractivity contribution in [3.63, 3.8) is 0 Å². The number of nitrogens with one attached hydrogen (secondary N) is 1. The van der Waals surface area contributed by atoms with Gasteiger partial charge in [-0.05, 0) is 80.6 Å². The number of hydrogen-bond acceptors (Lipinski definition) is 3. The number of hydrogen-bond donors (Lipinski definition) is 1. The SMILES string of the molecule is Cc1ccc(C2=C(Nc3ccc(C)c(C)c3)C(=O)N(c3cc(C)ccc3C)C2=O)cc1. The molecule has 1 aliphatic heterocycles. The normalized spacial score (nSPS) is 13.9. The maximum Gasteiger partial charge on any atom is 0.282 e. The van der Waals surface area contributed by atoms with Crippen molar-refractivity contribution in [3.8, 4) is 0 Å². The molecular weight excluding hydrogens is 384 g/mol. The monoisotopic (exact) mass is 410 g/mol. The Morgan fingerprint density at radius 1 is 0.645 bits per heavy atom. The van der Waals surface area contributed by atoms with Crippen molar-refractivity contribution in [2.24, 2.45) is 0 Å². The van der Waals surface area contributed by atoms with E-state index >= 15 is 0 Å². The van der Waals surface area contributed by atoms with Crippen LogP contribution in [0.3, 0.4) is 0 Å². The number of imide groups is 1. The molecule has 0 bridgehead atoms. The second kappa shape index (κ2) is 7.88. The van der Waals surface area contributed by atoms with Gasteiger partial charge in [-0.1, -0.05) is 48.0 Å². The zero-order valence-corrected chi connectivity index (χ0v) is 18.5. The van der Waals surface area contributed by atoms with Gasteiger partial charge in [-0.25, -0.2) is 4.90 Å². The van der Waals surface area contributed by atoms with Crippen molar-refractivity contribution in [2.75, 3.05) is 10.2 Å². The summed E-state index contributed by atoms with van der Waals surface area (Å²) in [5.74, 6) is -0.651. The van der Waals surface area contributed by atoms with Crippen LogP contribution in [-0.4, -0.2) is 11.8 Å². The molecule has 4 heteroatoms. The molecule has 1 N–H and O–H groups in total. The first-order valence-corrected chi connectivity index (χ1v) is 10.4. The van der Waals surface area contributed by atoms with Crippen molar-refractivity contribution in [1.82, 2.24) is 0 Å². The van der Waals surface area contributed by atoms with Gasteiger partial charge in [0.15, 0.2) is 0 Å². The van der Waals surface area contributed by atoms with E-state index in [2.05, 4.69) is 5.32 Å². The van der Waals surface area contributed by atoms with E-state index in [9.17, 15) is 9.59 Å². The van der Waals surface area contributed by atoms with Crippen LogP contribution in [0.1, 0.15) is 33.4 Å². The maximum absolute atomic E-state index is 13.6. The summed E-state index contributed by atoms with van der Waals surface area (Å²) < 4.78 is 0. The van der Waals surface area contributed by atoms with Crippen LogP contribution in [0.15, 0.2) is 66.4 Å². The van der Waals surface area contributed by atoms with E-state index in [1.165, 1.54) is 10.5 Å². The van der Waals surface area contributed by atoms with Gasteiger partial charge in [-0.15, -0.1) is 0 Å². The highest BCUT2D eigenvalue weighted by Crippen LogP contribution is 2.35. The van der Waals surface area contributed by atoms with Crippen molar-refractivity contribution < 1.29 is 9.59 Å². The third-order valence-electron chi connectivity index (χ3n) is 5.81. The van der Waals surface area contributed by atoms with Crippen LogP contribution in [0, 0.1) is 34.6 Å². The summed E-state index contributed by atoms with van der Waals surface area (Å²) in [5, 5.41) is 3.25. The molecule has 0 saturated carbocycles. The predicted octanol–water partition coefficient (Wildman–Crippen LogP) is 5.63. The van der Waals surface area contributed by atoms with Crippen LogP contribution in [0.25, 0.3) is 5.57 Å². The van der Waals surface area contributed by atoms with Gasteiger partial charge in [0.05, 0.1) is 11.3 Å². The lowest BCUT2D eigenvalue weighted by Gasteiger charge is -2.18. The zero-order valence-electron chi connectivity index (χ0n) is 18.5. The largest absolute Gasteiger partial charge is 0.350 e. The second-order valence-corrected chi connectivity index (χ2v) is 8.28. The minimum absolute atomic E-state index is 0.304. The molecule has 1 heterocycles. The van der Waals surface area contributed by atoms with Gasteiger partial charge in [0, 0.05) is 5.69 Å². The van der Waals surface area contributed by atoms with Gasteiger partial charge in [0.25, 0.3) is 11.8 Å². The number of aryl methyl sites for hydroxylation is 5. The molecule has 4 nitrogen and oxygen atoms in total. The smallest absolute Gasteiger partial charge is 0.282 e. The number of rotatable bonds is 4. The molecular formula is C27H26N2O2. The molecule has 0 spiro atoms. The van der Waals surface area contributed by atoms with E-state index in [1.807, 2.05) is 95.3 Å². The first-order chi connectivity index (χ1) is 14.8. The molecule has 0 saturated heterocycles. The van der Waals surface area contributed by atoms with Gasteiger partial charge in [-0.3, -0.25) is 9.59 Å². The van der Waals surface area contributed by atoms with Gasteiger partial charge in [0.1, 0.15) is 5.70 Å². The molecule has 3 aromatic carbocycles. The third-order valence-corrected chi connectivity index (χ3v) is 5.81. The Hall–Kier alpha value is -3.66. The quantitative estimate of drug-likeness (QED) is 0.568. The van der Waals surface area contributed by atoms with Crippen LogP contribution < -0.4 is 10.2 Å². The van der Waals surface area contributed by atoms with Crippen LogP contribution >= 0.6 is 0 Å². The second-order valence-electron chi connectivity index (χ2n) is 8.28. The van der Waals surface area contributed by atoms with Gasteiger partial charge in [0.2, 0.25) is 0 Å². The van der Waals surface area contributed by atoms with Crippen LogP contribution in [0.2, 0.25) is 0 Å². The van der Waals surface area contributed by atoms with Crippen molar-refractivity contribution in [3.05, 3.63) is 99.7 Å². The van der Waals surface area contributed by atoms with E-state index in [0.717, 1.165) is 33.5 Å². The Morgan fingerprint density at radius 2 is 1.29 bits per heavy atom. The first-order valence-electron chi connectivity index (χ1n) is 10.4. The topological polar surface area (TPSA) is 49.4 Å². The molecule has 31 heavy (non-hydrogen) atoms. The predicted molar refractivity (Wildman–Crippen MR) is 126 cm³/mol. The molecule has 0 unspecified atom stereocenters. The van der Waals surface area contributed by atoms with Crippen LogP contribution in [0.4, 0.5) is 11.4 Å². The third kappa shape index (κ3) is 3.77. The van der Waals surface area contributed by atoms with Gasteiger partial charge in [-0.2, -0.15) is 0 Å². The van der Waals surface area contributed by atoms with Crippen LogP contribution in [-0.2, 0) is 9.59 Å². The molecule has 0 aromatic heterocycles. The molecule has 0 fully saturated rings. The Bertz CT molecular complexity index is 1240. The average Bonchev–Trinajstić information content (AvgIpc) is 2.97. The van der Waals surface area contributed by atoms with E-state index in [1.54, 1.807) is 0 Å². The fourth-order valence-electron chi connectivity index (χ4n) is 3.78. The Kier molecular flexibility index (Phi) is 5.24. The molecule has 2 amide bonds. The molecule has 156 valence electrons. The standard InChI is InChI=1S/C27H26N2O2/c1-16-7-11-21(12-8-16)24-25(28-22-13-10-18(3)20(5)15-22)27(31)29(26(24)30)23-14-17(2)6-9-19(23)4/h6-15,28H,1-5H3. The summed E-state index contributed by atoms with van der Waals surface area (Å²) in [4.78, 5) is 28.5. The number of nitrogens with zero attached hydrogens (tertiary/aromatic N) is 1. The van der Waals surface area contributed by atoms with E-state index in [-0.39, 0.29) is 11.8 Å². The van der Waals surface area contributed by atoms with E-state index < -0.39 is 0 Å². The number of anilines is 2. The lowest BCUT2D eigenvalue weighted by Crippen LogP contribution is -2.33. The summed E-state index contributed by atoms with van der Waals surface area (Å²) in [7, 11) is 0. The summed E-state index contributed by atoms with van der Waals surface area (Å²) in [6.45, 7) is 9.94. The molecule has 0 radical (unpaired) electrons. The number of carbonyl (C=O) groups is 2. The first kappa shape index (κ1) is 20.6. The summed E-state index contributed by atoms with van der Waals surface area (Å²) in [6, 6.07) is 19.4. The molecule has 0 aliphatic carbocycles. The zero-order chi connectivity index (χ0) is 22.3.